The molecule has 0 aliphatic heterocycles. The predicted molar refractivity (Wildman–Crippen MR) is 181 cm³/mol. The van der Waals surface area contributed by atoms with E-state index in [9.17, 15) is 9.59 Å². The van der Waals surface area contributed by atoms with Gasteiger partial charge in [-0.25, -0.2) is 19.3 Å². The van der Waals surface area contributed by atoms with Crippen LogP contribution >= 0.6 is 0 Å². The minimum atomic E-state index is -0.326. The van der Waals surface area contributed by atoms with Crippen LogP contribution in [0.3, 0.4) is 0 Å². The normalized spacial score (nSPS) is 10.8. The summed E-state index contributed by atoms with van der Waals surface area (Å²) < 4.78 is 19.6. The Bertz CT molecular complexity index is 2640. The minimum Gasteiger partial charge on any atom is -0.495 e. The van der Waals surface area contributed by atoms with Gasteiger partial charge in [0.2, 0.25) is 11.8 Å². The van der Waals surface area contributed by atoms with Crippen molar-refractivity contribution in [2.45, 2.75) is 13.1 Å². The molecule has 0 saturated heterocycles. The van der Waals surface area contributed by atoms with Gasteiger partial charge in [-0.3, -0.25) is 9.59 Å². The molecule has 4 aromatic carbocycles. The van der Waals surface area contributed by atoms with Crippen molar-refractivity contribution in [1.82, 2.24) is 29.5 Å². The molecule has 0 bridgehead atoms. The smallest absolute Gasteiger partial charge is 0.252 e. The molecule has 4 aromatic heterocycles. The second kappa shape index (κ2) is 13.3. The van der Waals surface area contributed by atoms with Crippen LogP contribution in [0.1, 0.15) is 11.6 Å². The van der Waals surface area contributed by atoms with Crippen molar-refractivity contribution in [3.8, 4) is 17.9 Å². The van der Waals surface area contributed by atoms with Crippen molar-refractivity contribution in [2.75, 3.05) is 17.7 Å². The van der Waals surface area contributed by atoms with E-state index in [0.29, 0.717) is 22.7 Å². The Kier molecular flexibility index (Phi) is 8.27. The van der Waals surface area contributed by atoms with Crippen molar-refractivity contribution < 1.29 is 23.2 Å². The number of nitrogens with one attached hydrogen (secondary N) is 2. The van der Waals surface area contributed by atoms with Crippen LogP contribution in [-0.4, -0.2) is 48.5 Å². The van der Waals surface area contributed by atoms with Crippen molar-refractivity contribution >= 4 is 67.1 Å². The fourth-order valence-corrected chi connectivity index (χ4v) is 5.35. The molecule has 0 spiro atoms. The molecule has 0 radical (unpaired) electrons. The molecule has 8 rings (SSSR count). The van der Waals surface area contributed by atoms with E-state index in [0.717, 1.165) is 38.3 Å². The van der Waals surface area contributed by atoms with Crippen LogP contribution in [0.25, 0.3) is 43.9 Å². The highest BCUT2D eigenvalue weighted by molar-refractivity contribution is 6.08. The van der Waals surface area contributed by atoms with Gasteiger partial charge < -0.3 is 24.2 Å². The number of aromatic nitrogens is 6. The third kappa shape index (κ3) is 6.38. The molecule has 0 unspecified atom stereocenters. The number of anilines is 2. The zero-order chi connectivity index (χ0) is 34.6. The van der Waals surface area contributed by atoms with Gasteiger partial charge in [0.05, 0.1) is 12.8 Å². The molecular formula is C35H24N10O5. The molecule has 4 heterocycles. The van der Waals surface area contributed by atoms with Crippen LogP contribution < -0.4 is 15.4 Å². The van der Waals surface area contributed by atoms with Crippen molar-refractivity contribution in [3.05, 3.63) is 103 Å². The van der Waals surface area contributed by atoms with Gasteiger partial charge in [-0.1, -0.05) is 36.4 Å². The number of hydrogen-bond acceptors (Lipinski definition) is 11. The molecule has 15 nitrogen and oxygen atoms in total. The Morgan fingerprint density at radius 1 is 0.700 bits per heavy atom. The third-order valence-electron chi connectivity index (χ3n) is 7.52. The molecule has 0 fully saturated rings. The van der Waals surface area contributed by atoms with E-state index in [1.54, 1.807) is 12.1 Å². The van der Waals surface area contributed by atoms with E-state index in [-0.39, 0.29) is 36.6 Å². The zero-order valence-electron chi connectivity index (χ0n) is 26.2. The summed E-state index contributed by atoms with van der Waals surface area (Å²) in [4.78, 5) is 31.9. The minimum absolute atomic E-state index is 0.0130. The number of methoxy groups -OCH3 is 1. The number of ether oxygens (including phenoxy) is 1. The Morgan fingerprint density at radius 2 is 1.24 bits per heavy atom. The number of fused-ring (bicyclic) bond motifs is 6. The summed E-state index contributed by atoms with van der Waals surface area (Å²) in [7, 11) is 1.54. The molecule has 244 valence electrons. The highest BCUT2D eigenvalue weighted by Crippen LogP contribution is 2.36. The highest BCUT2D eigenvalue weighted by atomic mass is 16.5. The zero-order valence-corrected chi connectivity index (χ0v) is 26.2. The van der Waals surface area contributed by atoms with Crippen LogP contribution in [0.2, 0.25) is 0 Å². The summed E-state index contributed by atoms with van der Waals surface area (Å²) in [5.41, 5.74) is 4.14. The van der Waals surface area contributed by atoms with Crippen molar-refractivity contribution in [2.24, 2.45) is 0 Å². The molecule has 0 aliphatic carbocycles. The Hall–Kier alpha value is -7.52. The lowest BCUT2D eigenvalue weighted by Gasteiger charge is -2.10. The maximum atomic E-state index is 12.3. The van der Waals surface area contributed by atoms with Gasteiger partial charge in [0, 0.05) is 33.3 Å². The SMILES string of the molecule is COc1cc2c(cc1NC(=O)Cn1cnc(C#N)n1)oc1ccccc12.N#Cc1ncn(CC(=O)Nc2ccc3oc4ccccc4c3c2)n1. The van der Waals surface area contributed by atoms with E-state index < -0.39 is 0 Å². The molecule has 0 aliphatic rings. The van der Waals surface area contributed by atoms with E-state index in [2.05, 4.69) is 30.8 Å². The second-order valence-corrected chi connectivity index (χ2v) is 10.8. The monoisotopic (exact) mass is 664 g/mol. The largest absolute Gasteiger partial charge is 0.495 e. The fraction of sp³-hybridized carbons (Fsp3) is 0.0857. The number of carbonyl (C=O) groups excluding carboxylic acids is 2. The number of benzene rings is 4. The molecular weight excluding hydrogens is 640 g/mol. The number of nitriles is 2. The molecule has 2 amide bonds. The van der Waals surface area contributed by atoms with E-state index in [1.807, 2.05) is 78.9 Å². The lowest BCUT2D eigenvalue weighted by atomic mass is 10.1. The lowest BCUT2D eigenvalue weighted by molar-refractivity contribution is -0.117. The van der Waals surface area contributed by atoms with Gasteiger partial charge in [0.15, 0.2) is 0 Å². The molecule has 0 atom stereocenters. The van der Waals surface area contributed by atoms with Crippen LogP contribution in [-0.2, 0) is 22.7 Å². The third-order valence-corrected chi connectivity index (χ3v) is 7.52. The van der Waals surface area contributed by atoms with Crippen LogP contribution in [0.15, 0.2) is 100 Å². The number of nitrogens with zero attached hydrogens (tertiary/aromatic N) is 8. The van der Waals surface area contributed by atoms with Gasteiger partial charge in [-0.05, 0) is 36.4 Å². The van der Waals surface area contributed by atoms with Gasteiger partial charge >= 0.3 is 0 Å². The molecule has 2 N–H and O–H groups in total. The lowest BCUT2D eigenvalue weighted by Crippen LogP contribution is -2.19. The summed E-state index contributed by atoms with van der Waals surface area (Å²) >= 11 is 0. The van der Waals surface area contributed by atoms with Gasteiger partial charge in [0.1, 0.15) is 66.0 Å². The highest BCUT2D eigenvalue weighted by Gasteiger charge is 2.15. The summed E-state index contributed by atoms with van der Waals surface area (Å²) in [6.45, 7) is -0.0884. The first kappa shape index (κ1) is 31.1. The predicted octanol–water partition coefficient (Wildman–Crippen LogP) is 5.38. The van der Waals surface area contributed by atoms with Crippen LogP contribution in [0.4, 0.5) is 11.4 Å². The first-order chi connectivity index (χ1) is 24.4. The molecule has 15 heteroatoms. The standard InChI is InChI=1S/C18H13N5O3.C17H11N5O2/c1-25-16-6-12-11-4-2-3-5-14(11)26-15(12)7-13(16)21-18(24)9-23-10-20-17(8-19)22-23;18-8-16-19-10-22(21-16)9-17(23)20-11-5-6-15-13(7-11)12-3-1-2-4-14(12)24-15/h2-7,10H,9H2,1H3,(H,21,24);1-7,10H,9H2,(H,20,23). The summed E-state index contributed by atoms with van der Waals surface area (Å²) in [6.07, 6.45) is 2.68. The summed E-state index contributed by atoms with van der Waals surface area (Å²) in [5.74, 6) is -0.00781. The number of para-hydroxylation sites is 2. The second-order valence-electron chi connectivity index (χ2n) is 10.8. The van der Waals surface area contributed by atoms with Crippen LogP contribution in [0, 0.1) is 22.7 Å². The maximum Gasteiger partial charge on any atom is 0.252 e. The quantitative estimate of drug-likeness (QED) is 0.221. The number of rotatable bonds is 7. The first-order valence-corrected chi connectivity index (χ1v) is 15.0. The Balaban J connectivity index is 0.000000157. The van der Waals surface area contributed by atoms with Gasteiger partial charge in [0.25, 0.3) is 11.6 Å². The average molecular weight is 665 g/mol. The summed E-state index contributed by atoms with van der Waals surface area (Å²) in [6, 6.07) is 28.1. The van der Waals surface area contributed by atoms with Crippen LogP contribution in [0.5, 0.6) is 5.75 Å². The molecule has 50 heavy (non-hydrogen) atoms. The van der Waals surface area contributed by atoms with Crippen molar-refractivity contribution in [3.63, 3.8) is 0 Å². The van der Waals surface area contributed by atoms with E-state index in [1.165, 1.54) is 29.1 Å². The number of amides is 2. The number of furan rings is 2. The number of hydrogen-bond donors (Lipinski definition) is 2. The maximum absolute atomic E-state index is 12.3. The van der Waals surface area contributed by atoms with Gasteiger partial charge in [-0.15, -0.1) is 10.2 Å². The van der Waals surface area contributed by atoms with Crippen molar-refractivity contribution in [1.29, 1.82) is 10.5 Å². The topological polar surface area (TPSA) is 203 Å². The first-order valence-electron chi connectivity index (χ1n) is 15.0. The fourth-order valence-electron chi connectivity index (χ4n) is 5.35. The number of carbonyl (C=O) groups is 2. The average Bonchev–Trinajstić information content (AvgIpc) is 3.93. The van der Waals surface area contributed by atoms with Gasteiger partial charge in [-0.2, -0.15) is 10.5 Å². The Morgan fingerprint density at radius 3 is 1.82 bits per heavy atom. The molecule has 8 aromatic rings. The van der Waals surface area contributed by atoms with E-state index >= 15 is 0 Å². The Labute approximate surface area is 281 Å². The van der Waals surface area contributed by atoms with E-state index in [4.69, 9.17) is 24.1 Å². The summed E-state index contributed by atoms with van der Waals surface area (Å²) in [5, 5.41) is 34.6. The molecule has 0 saturated carbocycles.